The smallest absolute Gasteiger partial charge is 0.205 e. The molecule has 1 unspecified atom stereocenters. The second-order valence-electron chi connectivity index (χ2n) is 10.4. The zero-order valence-corrected chi connectivity index (χ0v) is 22.0. The Hall–Kier alpha value is -3.39. The van der Waals surface area contributed by atoms with E-state index in [0.29, 0.717) is 17.7 Å². The molecule has 1 aliphatic carbocycles. The Morgan fingerprint density at radius 3 is 2.43 bits per heavy atom. The Kier molecular flexibility index (Phi) is 8.04. The molecule has 8 nitrogen and oxygen atoms in total. The third kappa shape index (κ3) is 5.96. The quantitative estimate of drug-likeness (QED) is 0.278. The number of aryl methyl sites for hydroxylation is 1. The summed E-state index contributed by atoms with van der Waals surface area (Å²) in [6.45, 7) is 5.11. The summed E-state index contributed by atoms with van der Waals surface area (Å²) in [6, 6.07) is 17.1. The number of nitrogens with one attached hydrogen (secondary N) is 1. The first-order valence-corrected chi connectivity index (χ1v) is 13.7. The predicted octanol–water partition coefficient (Wildman–Crippen LogP) is 5.53. The summed E-state index contributed by atoms with van der Waals surface area (Å²) in [7, 11) is 0. The molecule has 0 spiro atoms. The standard InChI is InChI=1S/C29H38N8/c1-3-4-5-10-27-31-29(24-17-15-22(16-18-24)20(2)30)37(34-27)19-21-11-13-23(14-12-21)25-8-6-7-9-26(25)28-32-35-36-33-28/h6-9,11-14,20,22,24H,3-5,10,15-19,30H2,1-2H3,(H,32,33,35,36). The van der Waals surface area contributed by atoms with Gasteiger partial charge in [0.05, 0.1) is 6.54 Å². The van der Waals surface area contributed by atoms with Gasteiger partial charge in [0, 0.05) is 23.9 Å². The average Bonchev–Trinajstić information content (AvgIpc) is 3.60. The van der Waals surface area contributed by atoms with E-state index in [1.807, 2.05) is 18.2 Å². The maximum Gasteiger partial charge on any atom is 0.205 e. The summed E-state index contributed by atoms with van der Waals surface area (Å²) in [6.07, 6.45) is 9.16. The van der Waals surface area contributed by atoms with Crippen LogP contribution in [0.1, 0.15) is 81.9 Å². The number of tetrazole rings is 1. The van der Waals surface area contributed by atoms with Crippen LogP contribution in [0.4, 0.5) is 0 Å². The van der Waals surface area contributed by atoms with E-state index < -0.39 is 0 Å². The molecule has 1 fully saturated rings. The molecule has 0 saturated heterocycles. The number of aromatic amines is 1. The van der Waals surface area contributed by atoms with Crippen molar-refractivity contribution in [3.63, 3.8) is 0 Å². The Morgan fingerprint density at radius 2 is 1.76 bits per heavy atom. The van der Waals surface area contributed by atoms with Crippen LogP contribution in [0.15, 0.2) is 48.5 Å². The van der Waals surface area contributed by atoms with Gasteiger partial charge in [0.1, 0.15) is 5.82 Å². The van der Waals surface area contributed by atoms with Crippen LogP contribution in [0, 0.1) is 5.92 Å². The topological polar surface area (TPSA) is 111 Å². The molecule has 5 rings (SSSR count). The number of nitrogens with two attached hydrogens (primary N) is 1. The molecule has 0 radical (unpaired) electrons. The Labute approximate surface area is 219 Å². The molecule has 2 aromatic carbocycles. The van der Waals surface area contributed by atoms with E-state index in [2.05, 4.69) is 69.5 Å². The fourth-order valence-corrected chi connectivity index (χ4v) is 5.53. The van der Waals surface area contributed by atoms with Crippen molar-refractivity contribution in [3.8, 4) is 22.5 Å². The molecule has 37 heavy (non-hydrogen) atoms. The van der Waals surface area contributed by atoms with Gasteiger partial charge in [0.25, 0.3) is 0 Å². The minimum absolute atomic E-state index is 0.270. The summed E-state index contributed by atoms with van der Waals surface area (Å²) in [5, 5.41) is 19.6. The molecule has 1 atom stereocenters. The largest absolute Gasteiger partial charge is 0.328 e. The molecular weight excluding hydrogens is 460 g/mol. The SMILES string of the molecule is CCCCCc1nc(C2CCC(C(C)N)CC2)n(Cc2ccc(-c3ccccc3-c3nn[nH]n3)cc2)n1. The van der Waals surface area contributed by atoms with Crippen LogP contribution in [-0.2, 0) is 13.0 Å². The number of unbranched alkanes of at least 4 members (excludes halogenated alkanes) is 2. The van der Waals surface area contributed by atoms with Gasteiger partial charge in [-0.1, -0.05) is 68.3 Å². The molecule has 0 amide bonds. The van der Waals surface area contributed by atoms with Gasteiger partial charge in [0.2, 0.25) is 5.82 Å². The van der Waals surface area contributed by atoms with Crippen LogP contribution in [0.25, 0.3) is 22.5 Å². The van der Waals surface area contributed by atoms with E-state index in [0.717, 1.165) is 60.6 Å². The number of aromatic nitrogens is 7. The van der Waals surface area contributed by atoms with Gasteiger partial charge < -0.3 is 5.73 Å². The van der Waals surface area contributed by atoms with Crippen molar-refractivity contribution in [3.05, 3.63) is 65.7 Å². The van der Waals surface area contributed by atoms with E-state index in [-0.39, 0.29) is 6.04 Å². The third-order valence-corrected chi connectivity index (χ3v) is 7.74. The Morgan fingerprint density at radius 1 is 1.00 bits per heavy atom. The zero-order valence-electron chi connectivity index (χ0n) is 22.0. The lowest BCUT2D eigenvalue weighted by atomic mass is 9.79. The zero-order chi connectivity index (χ0) is 25.6. The highest BCUT2D eigenvalue weighted by atomic mass is 15.5. The van der Waals surface area contributed by atoms with Crippen molar-refractivity contribution in [2.75, 3.05) is 0 Å². The van der Waals surface area contributed by atoms with E-state index in [1.54, 1.807) is 0 Å². The van der Waals surface area contributed by atoms with E-state index in [4.69, 9.17) is 15.8 Å². The lowest BCUT2D eigenvalue weighted by molar-refractivity contribution is 0.282. The van der Waals surface area contributed by atoms with Gasteiger partial charge in [-0.3, -0.25) is 0 Å². The van der Waals surface area contributed by atoms with Crippen molar-refractivity contribution >= 4 is 0 Å². The number of H-pyrrole nitrogens is 1. The monoisotopic (exact) mass is 498 g/mol. The summed E-state index contributed by atoms with van der Waals surface area (Å²) in [5.74, 6) is 3.83. The van der Waals surface area contributed by atoms with E-state index in [1.165, 1.54) is 31.2 Å². The third-order valence-electron chi connectivity index (χ3n) is 7.74. The van der Waals surface area contributed by atoms with Crippen LogP contribution in [0.5, 0.6) is 0 Å². The Balaban J connectivity index is 1.36. The van der Waals surface area contributed by atoms with Crippen LogP contribution < -0.4 is 5.73 Å². The molecule has 0 aliphatic heterocycles. The molecule has 1 saturated carbocycles. The van der Waals surface area contributed by atoms with Gasteiger partial charge in [-0.25, -0.2) is 9.67 Å². The lowest BCUT2D eigenvalue weighted by Crippen LogP contribution is -2.30. The minimum atomic E-state index is 0.270. The summed E-state index contributed by atoms with van der Waals surface area (Å²) in [5.41, 5.74) is 10.6. The number of benzene rings is 2. The van der Waals surface area contributed by atoms with Crippen molar-refractivity contribution < 1.29 is 0 Å². The second kappa shape index (κ2) is 11.8. The summed E-state index contributed by atoms with van der Waals surface area (Å²) < 4.78 is 2.17. The first kappa shape index (κ1) is 25.3. The molecule has 2 aromatic heterocycles. The van der Waals surface area contributed by atoms with Crippen molar-refractivity contribution in [1.82, 2.24) is 35.4 Å². The predicted molar refractivity (Wildman–Crippen MR) is 146 cm³/mol. The van der Waals surface area contributed by atoms with Gasteiger partial charge in [-0.2, -0.15) is 10.3 Å². The molecule has 3 N–H and O–H groups in total. The van der Waals surface area contributed by atoms with E-state index in [9.17, 15) is 0 Å². The van der Waals surface area contributed by atoms with Gasteiger partial charge >= 0.3 is 0 Å². The highest BCUT2D eigenvalue weighted by Gasteiger charge is 2.28. The number of rotatable bonds is 10. The normalized spacial score (nSPS) is 18.7. The van der Waals surface area contributed by atoms with Crippen LogP contribution >= 0.6 is 0 Å². The number of hydrogen-bond acceptors (Lipinski definition) is 6. The summed E-state index contributed by atoms with van der Waals surface area (Å²) >= 11 is 0. The average molecular weight is 499 g/mol. The van der Waals surface area contributed by atoms with Gasteiger partial charge in [-0.05, 0) is 66.8 Å². The van der Waals surface area contributed by atoms with Crippen molar-refractivity contribution in [2.45, 2.75) is 83.7 Å². The molecule has 0 bridgehead atoms. The fraction of sp³-hybridized carbons (Fsp3) is 0.483. The molecule has 194 valence electrons. The molecule has 8 heteroatoms. The highest BCUT2D eigenvalue weighted by molar-refractivity contribution is 5.80. The van der Waals surface area contributed by atoms with Crippen LogP contribution in [0.2, 0.25) is 0 Å². The first-order valence-electron chi connectivity index (χ1n) is 13.7. The van der Waals surface area contributed by atoms with Crippen LogP contribution in [0.3, 0.4) is 0 Å². The van der Waals surface area contributed by atoms with Crippen LogP contribution in [-0.4, -0.2) is 41.4 Å². The molecule has 2 heterocycles. The molecule has 1 aliphatic rings. The lowest BCUT2D eigenvalue weighted by Gasteiger charge is -2.30. The Bertz CT molecular complexity index is 1250. The first-order chi connectivity index (χ1) is 18.1. The maximum atomic E-state index is 6.20. The highest BCUT2D eigenvalue weighted by Crippen LogP contribution is 2.36. The summed E-state index contributed by atoms with van der Waals surface area (Å²) in [4.78, 5) is 5.07. The maximum absolute atomic E-state index is 6.20. The number of nitrogens with zero attached hydrogens (tertiary/aromatic N) is 6. The molecular formula is C29H38N8. The fourth-order valence-electron chi connectivity index (χ4n) is 5.53. The van der Waals surface area contributed by atoms with Crippen molar-refractivity contribution in [1.29, 1.82) is 0 Å². The minimum Gasteiger partial charge on any atom is -0.328 e. The van der Waals surface area contributed by atoms with Crippen molar-refractivity contribution in [2.24, 2.45) is 11.7 Å². The van der Waals surface area contributed by atoms with Gasteiger partial charge in [-0.15, -0.1) is 10.2 Å². The second-order valence-corrected chi connectivity index (χ2v) is 10.4. The van der Waals surface area contributed by atoms with Gasteiger partial charge in [0.15, 0.2) is 5.82 Å². The molecule has 4 aromatic rings. The number of hydrogen-bond donors (Lipinski definition) is 2. The van der Waals surface area contributed by atoms with E-state index >= 15 is 0 Å².